The molecule has 0 bridgehead atoms. The highest BCUT2D eigenvalue weighted by Gasteiger charge is 2.45. The molecule has 2 fully saturated rings. The van der Waals surface area contributed by atoms with E-state index in [9.17, 15) is 4.79 Å². The number of rotatable bonds is 2. The molecular formula is C22H27ClN4O2. The van der Waals surface area contributed by atoms with Gasteiger partial charge in [0.15, 0.2) is 5.82 Å². The summed E-state index contributed by atoms with van der Waals surface area (Å²) in [6, 6.07) is 10.3. The van der Waals surface area contributed by atoms with Gasteiger partial charge in [-0.25, -0.2) is 9.97 Å². The van der Waals surface area contributed by atoms with Crippen LogP contribution in [0.15, 0.2) is 36.5 Å². The van der Waals surface area contributed by atoms with Gasteiger partial charge in [-0.1, -0.05) is 30.3 Å². The molecule has 0 radical (unpaired) electrons. The second kappa shape index (κ2) is 8.01. The number of hydrogen-bond acceptors (Lipinski definition) is 5. The van der Waals surface area contributed by atoms with Crippen LogP contribution in [0.4, 0.5) is 0 Å². The van der Waals surface area contributed by atoms with Gasteiger partial charge in [-0.15, -0.1) is 12.4 Å². The molecule has 2 aliphatic heterocycles. The van der Waals surface area contributed by atoms with Crippen LogP contribution in [0.1, 0.15) is 36.9 Å². The van der Waals surface area contributed by atoms with Crippen LogP contribution in [0.2, 0.25) is 0 Å². The number of nitrogens with zero attached hydrogens (tertiary/aromatic N) is 3. The van der Waals surface area contributed by atoms with Crippen LogP contribution >= 0.6 is 12.4 Å². The minimum atomic E-state index is -0.396. The maximum Gasteiger partial charge on any atom is 0.225 e. The van der Waals surface area contributed by atoms with Crippen molar-refractivity contribution in [1.82, 2.24) is 14.9 Å². The average molecular weight is 415 g/mol. The lowest BCUT2D eigenvalue weighted by atomic mass is 9.78. The Hall–Kier alpha value is -2.02. The van der Waals surface area contributed by atoms with Crippen molar-refractivity contribution >= 4 is 18.3 Å². The number of carbonyl (C=O) groups is 1. The van der Waals surface area contributed by atoms with Crippen LogP contribution in [-0.4, -0.2) is 46.5 Å². The molecule has 7 heteroatoms. The molecule has 5 rings (SSSR count). The number of nitrogens with two attached hydrogens (primary N) is 1. The molecule has 0 atom stereocenters. The summed E-state index contributed by atoms with van der Waals surface area (Å²) < 4.78 is 6.32. The predicted octanol–water partition coefficient (Wildman–Crippen LogP) is 2.69. The van der Waals surface area contributed by atoms with E-state index in [0.717, 1.165) is 49.2 Å². The molecule has 1 amide bonds. The van der Waals surface area contributed by atoms with Crippen LogP contribution < -0.4 is 5.73 Å². The summed E-state index contributed by atoms with van der Waals surface area (Å²) in [4.78, 5) is 24.2. The molecule has 1 spiro atoms. The number of ether oxygens (including phenoxy) is 1. The fraction of sp³-hybridized carbons (Fsp3) is 0.500. The van der Waals surface area contributed by atoms with E-state index in [1.807, 2.05) is 41.4 Å². The fourth-order valence-corrected chi connectivity index (χ4v) is 4.73. The van der Waals surface area contributed by atoms with Gasteiger partial charge in [0.2, 0.25) is 5.91 Å². The van der Waals surface area contributed by atoms with Gasteiger partial charge in [-0.3, -0.25) is 4.79 Å². The normalized spacial score (nSPS) is 24.9. The van der Waals surface area contributed by atoms with E-state index in [0.29, 0.717) is 19.7 Å². The largest absolute Gasteiger partial charge is 0.368 e. The Morgan fingerprint density at radius 1 is 1.17 bits per heavy atom. The number of fused-ring (bicyclic) bond motifs is 2. The highest BCUT2D eigenvalue weighted by molar-refractivity contribution is 5.85. The molecule has 1 saturated carbocycles. The first-order valence-electron chi connectivity index (χ1n) is 10.2. The van der Waals surface area contributed by atoms with Gasteiger partial charge in [0.05, 0.1) is 12.3 Å². The van der Waals surface area contributed by atoms with Crippen LogP contribution in [-0.2, 0) is 21.6 Å². The Morgan fingerprint density at radius 2 is 1.90 bits per heavy atom. The summed E-state index contributed by atoms with van der Waals surface area (Å²) in [6.07, 6.45) is 6.03. The van der Waals surface area contributed by atoms with Crippen molar-refractivity contribution in [2.45, 2.75) is 43.7 Å². The van der Waals surface area contributed by atoms with Crippen molar-refractivity contribution in [3.05, 3.63) is 47.8 Å². The summed E-state index contributed by atoms with van der Waals surface area (Å²) in [5, 5.41) is 0. The lowest BCUT2D eigenvalue weighted by molar-refractivity contribution is -0.148. The molecule has 1 aliphatic carbocycles. The van der Waals surface area contributed by atoms with Gasteiger partial charge in [-0.05, 0) is 37.7 Å². The van der Waals surface area contributed by atoms with Crippen LogP contribution in [0, 0.1) is 5.92 Å². The van der Waals surface area contributed by atoms with Gasteiger partial charge in [0.25, 0.3) is 0 Å². The van der Waals surface area contributed by atoms with Gasteiger partial charge in [-0.2, -0.15) is 0 Å². The number of carbonyl (C=O) groups excluding carboxylic acids is 1. The second-order valence-corrected chi connectivity index (χ2v) is 8.28. The highest BCUT2D eigenvalue weighted by atomic mass is 35.5. The summed E-state index contributed by atoms with van der Waals surface area (Å²) >= 11 is 0. The molecule has 3 heterocycles. The zero-order valence-corrected chi connectivity index (χ0v) is 17.2. The highest BCUT2D eigenvalue weighted by Crippen LogP contribution is 2.41. The number of likely N-dealkylation sites (tertiary alicyclic amines) is 1. The Balaban J connectivity index is 0.00000205. The summed E-state index contributed by atoms with van der Waals surface area (Å²) in [5.74, 6) is 1.13. The number of benzene rings is 1. The average Bonchev–Trinajstić information content (AvgIpc) is 2.72. The molecular weight excluding hydrogens is 388 g/mol. The molecule has 1 aromatic carbocycles. The van der Waals surface area contributed by atoms with Crippen molar-refractivity contribution in [3.8, 4) is 11.4 Å². The van der Waals surface area contributed by atoms with Crippen molar-refractivity contribution < 1.29 is 9.53 Å². The Bertz CT molecular complexity index is 878. The zero-order chi connectivity index (χ0) is 19.1. The number of aromatic nitrogens is 2. The van der Waals surface area contributed by atoms with Gasteiger partial charge < -0.3 is 15.4 Å². The maximum atomic E-state index is 12.7. The van der Waals surface area contributed by atoms with E-state index in [-0.39, 0.29) is 30.3 Å². The Kier molecular flexibility index (Phi) is 5.60. The molecule has 29 heavy (non-hydrogen) atoms. The fourth-order valence-electron chi connectivity index (χ4n) is 4.73. The first-order valence-corrected chi connectivity index (χ1v) is 10.2. The Morgan fingerprint density at radius 3 is 2.59 bits per heavy atom. The molecule has 1 saturated heterocycles. The van der Waals surface area contributed by atoms with Crippen molar-refractivity contribution in [1.29, 1.82) is 0 Å². The van der Waals surface area contributed by atoms with E-state index in [1.165, 1.54) is 5.56 Å². The number of amides is 1. The van der Waals surface area contributed by atoms with Crippen LogP contribution in [0.5, 0.6) is 0 Å². The van der Waals surface area contributed by atoms with Crippen molar-refractivity contribution in [2.75, 3.05) is 19.7 Å². The van der Waals surface area contributed by atoms with Crippen molar-refractivity contribution in [2.24, 2.45) is 11.7 Å². The zero-order valence-electron chi connectivity index (χ0n) is 16.4. The predicted molar refractivity (Wildman–Crippen MR) is 113 cm³/mol. The van der Waals surface area contributed by atoms with E-state index in [4.69, 9.17) is 15.5 Å². The van der Waals surface area contributed by atoms with E-state index in [1.54, 1.807) is 0 Å². The first-order chi connectivity index (χ1) is 13.6. The Labute approximate surface area is 177 Å². The van der Waals surface area contributed by atoms with Crippen LogP contribution in [0.25, 0.3) is 11.4 Å². The van der Waals surface area contributed by atoms with Gasteiger partial charge in [0.1, 0.15) is 5.60 Å². The van der Waals surface area contributed by atoms with E-state index < -0.39 is 5.60 Å². The third-order valence-electron chi connectivity index (χ3n) is 6.48. The SMILES string of the molecule is Cl.NC1CC(C(=O)N2CCC3(CC2)OCCc2cnc(-c4ccccc4)nc23)C1. The van der Waals surface area contributed by atoms with E-state index >= 15 is 0 Å². The van der Waals surface area contributed by atoms with Gasteiger partial charge in [0, 0.05) is 36.8 Å². The topological polar surface area (TPSA) is 81.3 Å². The molecule has 3 aliphatic rings. The minimum absolute atomic E-state index is 0. The number of halogens is 1. The lowest BCUT2D eigenvalue weighted by Crippen LogP contribution is -2.53. The molecule has 1 aromatic heterocycles. The molecule has 154 valence electrons. The van der Waals surface area contributed by atoms with E-state index in [2.05, 4.69) is 4.98 Å². The molecule has 2 aromatic rings. The third kappa shape index (κ3) is 3.65. The maximum absolute atomic E-state index is 12.7. The van der Waals surface area contributed by atoms with Crippen LogP contribution in [0.3, 0.4) is 0 Å². The number of piperidine rings is 1. The summed E-state index contributed by atoms with van der Waals surface area (Å²) in [5.41, 5.74) is 8.67. The second-order valence-electron chi connectivity index (χ2n) is 8.28. The molecule has 2 N–H and O–H groups in total. The lowest BCUT2D eigenvalue weighted by Gasteiger charge is -2.45. The third-order valence-corrected chi connectivity index (χ3v) is 6.48. The minimum Gasteiger partial charge on any atom is -0.368 e. The molecule has 0 unspecified atom stereocenters. The quantitative estimate of drug-likeness (QED) is 0.817. The van der Waals surface area contributed by atoms with Gasteiger partial charge >= 0.3 is 0 Å². The smallest absolute Gasteiger partial charge is 0.225 e. The van der Waals surface area contributed by atoms with Crippen molar-refractivity contribution in [3.63, 3.8) is 0 Å². The summed E-state index contributed by atoms with van der Waals surface area (Å²) in [7, 11) is 0. The number of hydrogen-bond donors (Lipinski definition) is 1. The summed E-state index contributed by atoms with van der Waals surface area (Å²) in [6.45, 7) is 2.12. The monoisotopic (exact) mass is 414 g/mol. The molecule has 6 nitrogen and oxygen atoms in total. The first kappa shape index (κ1) is 20.3. The standard InChI is InChI=1S/C22H26N4O2.ClH/c23-18-12-17(13-18)21(27)26-9-7-22(8-10-26)19-16(6-11-28-22)14-24-20(25-19)15-4-2-1-3-5-15;/h1-5,14,17-18H,6-13,23H2;1H.